The number of fused-ring (bicyclic) bond motifs is 1. The summed E-state index contributed by atoms with van der Waals surface area (Å²) in [6.07, 6.45) is 0.506. The molecule has 0 spiro atoms. The largest absolute Gasteiger partial charge is 0.340 e. The average Bonchev–Trinajstić information content (AvgIpc) is 3.13. The van der Waals surface area contributed by atoms with Crippen LogP contribution in [0.4, 0.5) is 4.39 Å². The molecular weight excluding hydrogens is 373 g/mol. The van der Waals surface area contributed by atoms with Crippen molar-refractivity contribution in [2.24, 2.45) is 5.10 Å². The molecule has 3 aromatic rings. The summed E-state index contributed by atoms with van der Waals surface area (Å²) in [7, 11) is 1.68. The molecule has 0 atom stereocenters. The van der Waals surface area contributed by atoms with Crippen LogP contribution >= 0.6 is 0 Å². The molecule has 8 heteroatoms. The van der Waals surface area contributed by atoms with E-state index in [2.05, 4.69) is 15.1 Å². The highest BCUT2D eigenvalue weighted by Gasteiger charge is 2.26. The summed E-state index contributed by atoms with van der Waals surface area (Å²) in [6.45, 7) is 0.502. The third-order valence-electron chi connectivity index (χ3n) is 4.77. The predicted octanol–water partition coefficient (Wildman–Crippen LogP) is 2.84. The molecule has 7 nitrogen and oxygen atoms in total. The predicted molar refractivity (Wildman–Crippen MR) is 106 cm³/mol. The number of aromatic nitrogens is 2. The Bertz CT molecular complexity index is 1060. The first-order valence-corrected chi connectivity index (χ1v) is 9.31. The lowest BCUT2D eigenvalue weighted by Crippen LogP contribution is -2.39. The summed E-state index contributed by atoms with van der Waals surface area (Å²) in [5, 5.41) is 5.55. The van der Waals surface area contributed by atoms with Gasteiger partial charge in [-0.05, 0) is 29.8 Å². The second kappa shape index (κ2) is 7.83. The molecule has 2 heterocycles. The second-order valence-corrected chi connectivity index (χ2v) is 6.99. The molecule has 0 unspecified atom stereocenters. The molecule has 0 aliphatic carbocycles. The van der Waals surface area contributed by atoms with Gasteiger partial charge in [0.05, 0.1) is 24.1 Å². The lowest BCUT2D eigenvalue weighted by atomic mass is 10.1. The van der Waals surface area contributed by atoms with Crippen molar-refractivity contribution in [1.82, 2.24) is 19.9 Å². The Kier molecular flexibility index (Phi) is 5.07. The number of H-pyrrole nitrogens is 1. The zero-order valence-electron chi connectivity index (χ0n) is 15.9. The third-order valence-corrected chi connectivity index (χ3v) is 4.77. The Hall–Kier alpha value is -3.55. The van der Waals surface area contributed by atoms with Gasteiger partial charge in [-0.2, -0.15) is 5.10 Å². The van der Waals surface area contributed by atoms with Gasteiger partial charge >= 0.3 is 0 Å². The number of hydrazone groups is 1. The molecule has 1 aromatic heterocycles. The van der Waals surface area contributed by atoms with Crippen LogP contribution in [0.3, 0.4) is 0 Å². The van der Waals surface area contributed by atoms with E-state index in [0.717, 1.165) is 16.6 Å². The molecule has 0 saturated carbocycles. The van der Waals surface area contributed by atoms with Gasteiger partial charge in [0.25, 0.3) is 5.91 Å². The van der Waals surface area contributed by atoms with Crippen LogP contribution in [0.15, 0.2) is 53.6 Å². The lowest BCUT2D eigenvalue weighted by Gasteiger charge is -2.25. The molecule has 2 amide bonds. The number of carbonyl (C=O) groups is 2. The highest BCUT2D eigenvalue weighted by Crippen LogP contribution is 2.16. The topological polar surface area (TPSA) is 81.7 Å². The van der Waals surface area contributed by atoms with Crippen LogP contribution in [0.25, 0.3) is 11.0 Å². The Morgan fingerprint density at radius 2 is 1.93 bits per heavy atom. The lowest BCUT2D eigenvalue weighted by molar-refractivity contribution is -0.132. The molecule has 148 valence electrons. The first-order valence-electron chi connectivity index (χ1n) is 9.31. The number of halogens is 1. The van der Waals surface area contributed by atoms with Gasteiger partial charge in [0.15, 0.2) is 0 Å². The maximum Gasteiger partial charge on any atom is 0.270 e. The minimum Gasteiger partial charge on any atom is -0.340 e. The van der Waals surface area contributed by atoms with Crippen LogP contribution < -0.4 is 0 Å². The molecule has 0 fully saturated rings. The van der Waals surface area contributed by atoms with Gasteiger partial charge in [0.2, 0.25) is 5.91 Å². The minimum atomic E-state index is -0.342. The van der Waals surface area contributed by atoms with Gasteiger partial charge in [-0.25, -0.2) is 14.4 Å². The molecule has 1 aliphatic heterocycles. The van der Waals surface area contributed by atoms with Crippen molar-refractivity contribution in [3.05, 3.63) is 65.7 Å². The van der Waals surface area contributed by atoms with Gasteiger partial charge in [-0.15, -0.1) is 0 Å². The Morgan fingerprint density at radius 3 is 2.69 bits per heavy atom. The average molecular weight is 393 g/mol. The van der Waals surface area contributed by atoms with E-state index in [0.29, 0.717) is 24.5 Å². The highest BCUT2D eigenvalue weighted by atomic mass is 19.1. The molecule has 29 heavy (non-hydrogen) atoms. The van der Waals surface area contributed by atoms with E-state index in [1.807, 2.05) is 24.3 Å². The number of hydrogen-bond acceptors (Lipinski definition) is 4. The van der Waals surface area contributed by atoms with Crippen LogP contribution in [-0.4, -0.2) is 44.5 Å². The number of rotatable bonds is 5. The molecule has 2 aromatic carbocycles. The molecule has 0 saturated heterocycles. The van der Waals surface area contributed by atoms with Crippen molar-refractivity contribution in [3.8, 4) is 0 Å². The van der Waals surface area contributed by atoms with E-state index in [1.165, 1.54) is 22.0 Å². The van der Waals surface area contributed by atoms with Crippen LogP contribution in [0.1, 0.15) is 24.2 Å². The number of hydrogen-bond donors (Lipinski definition) is 1. The number of aromatic amines is 1. The van der Waals surface area contributed by atoms with Gasteiger partial charge < -0.3 is 9.88 Å². The summed E-state index contributed by atoms with van der Waals surface area (Å²) in [5.74, 6) is -0.0733. The summed E-state index contributed by atoms with van der Waals surface area (Å²) in [6, 6.07) is 13.5. The maximum atomic E-state index is 13.1. The standard InChI is InChI=1S/C21H20FN5O2/c1-26(13-19-23-16-4-2-3-5-17(16)24-19)21(29)18-10-11-20(28)27(25-18)12-14-6-8-15(22)9-7-14/h2-9H,10-13H2,1H3,(H,23,24). The second-order valence-electron chi connectivity index (χ2n) is 6.99. The number of amides is 2. The quantitative estimate of drug-likeness (QED) is 0.724. The number of benzene rings is 2. The zero-order chi connectivity index (χ0) is 20.4. The normalized spacial score (nSPS) is 14.2. The van der Waals surface area contributed by atoms with E-state index < -0.39 is 0 Å². The summed E-state index contributed by atoms with van der Waals surface area (Å²) >= 11 is 0. The van der Waals surface area contributed by atoms with Gasteiger partial charge in [-0.1, -0.05) is 24.3 Å². The Labute approximate surface area is 166 Å². The van der Waals surface area contributed by atoms with E-state index in [9.17, 15) is 14.0 Å². The van der Waals surface area contributed by atoms with Gasteiger partial charge in [-0.3, -0.25) is 9.59 Å². The molecule has 0 radical (unpaired) electrons. The minimum absolute atomic E-state index is 0.161. The summed E-state index contributed by atoms with van der Waals surface area (Å²) in [5.41, 5.74) is 2.82. The molecule has 1 N–H and O–H groups in total. The number of nitrogens with zero attached hydrogens (tertiary/aromatic N) is 4. The van der Waals surface area contributed by atoms with Gasteiger partial charge in [0.1, 0.15) is 17.4 Å². The SMILES string of the molecule is CN(Cc1nc2ccccc2[nH]1)C(=O)C1=NN(Cc2ccc(F)cc2)C(=O)CC1. The smallest absolute Gasteiger partial charge is 0.270 e. The fourth-order valence-corrected chi connectivity index (χ4v) is 3.24. The molecule has 1 aliphatic rings. The van der Waals surface area contributed by atoms with Crippen molar-refractivity contribution in [2.45, 2.75) is 25.9 Å². The van der Waals surface area contributed by atoms with Gasteiger partial charge in [0, 0.05) is 19.9 Å². The van der Waals surface area contributed by atoms with Crippen LogP contribution in [-0.2, 0) is 22.7 Å². The number of imidazole rings is 1. The zero-order valence-corrected chi connectivity index (χ0v) is 15.9. The van der Waals surface area contributed by atoms with E-state index in [4.69, 9.17) is 0 Å². The summed E-state index contributed by atoms with van der Waals surface area (Å²) in [4.78, 5) is 34.2. The first-order chi connectivity index (χ1) is 14.0. The fraction of sp³-hybridized carbons (Fsp3) is 0.238. The number of nitrogens with one attached hydrogen (secondary N) is 1. The third kappa shape index (κ3) is 4.16. The molecular formula is C21H20FN5O2. The Balaban J connectivity index is 1.47. The highest BCUT2D eigenvalue weighted by molar-refractivity contribution is 6.39. The monoisotopic (exact) mass is 393 g/mol. The van der Waals surface area contributed by atoms with Crippen LogP contribution in [0.2, 0.25) is 0 Å². The Morgan fingerprint density at radius 1 is 1.17 bits per heavy atom. The van der Waals surface area contributed by atoms with E-state index >= 15 is 0 Å². The van der Waals surface area contributed by atoms with Crippen molar-refractivity contribution in [3.63, 3.8) is 0 Å². The summed E-state index contributed by atoms with van der Waals surface area (Å²) < 4.78 is 13.1. The molecule has 0 bridgehead atoms. The van der Waals surface area contributed by atoms with Crippen molar-refractivity contribution in [1.29, 1.82) is 0 Å². The fourth-order valence-electron chi connectivity index (χ4n) is 3.24. The van der Waals surface area contributed by atoms with Crippen molar-refractivity contribution >= 4 is 28.6 Å². The number of carbonyl (C=O) groups excluding carboxylic acids is 2. The van der Waals surface area contributed by atoms with Crippen LogP contribution in [0.5, 0.6) is 0 Å². The van der Waals surface area contributed by atoms with E-state index in [1.54, 1.807) is 19.2 Å². The number of para-hydroxylation sites is 2. The van der Waals surface area contributed by atoms with Crippen molar-refractivity contribution in [2.75, 3.05) is 7.05 Å². The molecule has 4 rings (SSSR count). The van der Waals surface area contributed by atoms with Crippen LogP contribution in [0, 0.1) is 5.82 Å². The van der Waals surface area contributed by atoms with Crippen molar-refractivity contribution < 1.29 is 14.0 Å². The van der Waals surface area contributed by atoms with E-state index in [-0.39, 0.29) is 30.6 Å². The maximum absolute atomic E-state index is 13.1. The first kappa shape index (κ1) is 18.8.